The molecule has 88 valence electrons. The van der Waals surface area contributed by atoms with Gasteiger partial charge in [-0.1, -0.05) is 0 Å². The molecule has 0 radical (unpaired) electrons. The van der Waals surface area contributed by atoms with Gasteiger partial charge in [-0.3, -0.25) is 4.98 Å². The molecule has 2 atom stereocenters. The Morgan fingerprint density at radius 3 is 3.06 bits per heavy atom. The smallest absolute Gasteiger partial charge is 0.0482 e. The minimum atomic E-state index is 0.312. The second-order valence-electron chi connectivity index (χ2n) is 3.76. The average Bonchev–Trinajstić information content (AvgIpc) is 2.34. The number of nitrogens with one attached hydrogen (secondary N) is 1. The Labute approximate surface area is 105 Å². The number of nitrogens with zero attached hydrogens (tertiary/aromatic N) is 1. The first-order valence-corrected chi connectivity index (χ1v) is 7.59. The minimum absolute atomic E-state index is 0.312. The summed E-state index contributed by atoms with van der Waals surface area (Å²) in [7, 11) is 2.00. The van der Waals surface area contributed by atoms with Crippen molar-refractivity contribution in [1.82, 2.24) is 10.3 Å². The van der Waals surface area contributed by atoms with Crippen LogP contribution in [-0.4, -0.2) is 34.5 Å². The highest BCUT2D eigenvalue weighted by Gasteiger charge is 2.26. The van der Waals surface area contributed by atoms with Crippen LogP contribution in [0.2, 0.25) is 0 Å². The maximum Gasteiger partial charge on any atom is 0.0482 e. The molecular weight excluding hydrogens is 238 g/mol. The van der Waals surface area contributed by atoms with E-state index in [-0.39, 0.29) is 0 Å². The van der Waals surface area contributed by atoms with Crippen LogP contribution in [0.3, 0.4) is 0 Å². The van der Waals surface area contributed by atoms with Crippen molar-refractivity contribution >= 4 is 29.2 Å². The molecule has 0 spiro atoms. The van der Waals surface area contributed by atoms with Gasteiger partial charge in [-0.05, 0) is 13.1 Å². The third-order valence-corrected chi connectivity index (χ3v) is 5.61. The van der Waals surface area contributed by atoms with Crippen molar-refractivity contribution < 1.29 is 0 Å². The van der Waals surface area contributed by atoms with Crippen molar-refractivity contribution in [3.8, 4) is 0 Å². The van der Waals surface area contributed by atoms with E-state index in [4.69, 9.17) is 5.73 Å². The van der Waals surface area contributed by atoms with Crippen LogP contribution in [0.15, 0.2) is 18.5 Å². The lowest BCUT2D eigenvalue weighted by atomic mass is 10.0. The molecule has 5 heteroatoms. The molecule has 0 amide bonds. The lowest BCUT2D eigenvalue weighted by molar-refractivity contribution is 0.592. The highest BCUT2D eigenvalue weighted by atomic mass is 32.2. The predicted molar refractivity (Wildman–Crippen MR) is 74.0 cm³/mol. The summed E-state index contributed by atoms with van der Waals surface area (Å²) in [5.41, 5.74) is 7.98. The van der Waals surface area contributed by atoms with Crippen LogP contribution in [0, 0.1) is 0 Å². The number of aromatic nitrogens is 1. The van der Waals surface area contributed by atoms with Gasteiger partial charge in [-0.25, -0.2) is 0 Å². The molecule has 3 nitrogen and oxygen atoms in total. The van der Waals surface area contributed by atoms with E-state index in [2.05, 4.69) is 10.3 Å². The molecule has 2 rings (SSSR count). The van der Waals surface area contributed by atoms with Gasteiger partial charge in [-0.15, -0.1) is 0 Å². The van der Waals surface area contributed by atoms with Gasteiger partial charge >= 0.3 is 0 Å². The predicted octanol–water partition coefficient (Wildman–Crippen LogP) is 1.77. The number of nitrogens with two attached hydrogens (primary N) is 1. The number of nitrogen functional groups attached to an aromatic ring is 1. The second kappa shape index (κ2) is 5.80. The minimum Gasteiger partial charge on any atom is -0.398 e. The Balaban J connectivity index is 2.18. The molecule has 0 aliphatic carbocycles. The molecule has 16 heavy (non-hydrogen) atoms. The SMILES string of the molecule is CNC(c1cnccc1N)C1CSCCS1. The first-order chi connectivity index (χ1) is 7.83. The first-order valence-electron chi connectivity index (χ1n) is 5.39. The molecule has 0 aromatic carbocycles. The number of hydrogen-bond acceptors (Lipinski definition) is 5. The van der Waals surface area contributed by atoms with Crippen molar-refractivity contribution in [2.45, 2.75) is 11.3 Å². The Hall–Kier alpha value is -0.390. The first kappa shape index (κ1) is 12.1. The summed E-state index contributed by atoms with van der Waals surface area (Å²) in [4.78, 5) is 4.17. The Kier molecular flexibility index (Phi) is 4.37. The number of thioether (sulfide) groups is 2. The standard InChI is InChI=1S/C11H17N3S2/c1-13-11(10-7-15-4-5-16-10)8-6-14-3-2-9(8)12/h2-3,6,10-11,13H,4-5,7H2,1H3,(H2,12,14). The molecule has 2 unspecified atom stereocenters. The van der Waals surface area contributed by atoms with Gasteiger partial charge in [0.1, 0.15) is 0 Å². The van der Waals surface area contributed by atoms with Gasteiger partial charge in [0.05, 0.1) is 0 Å². The molecule has 3 N–H and O–H groups in total. The van der Waals surface area contributed by atoms with Crippen LogP contribution < -0.4 is 11.1 Å². The third-order valence-electron chi connectivity index (χ3n) is 2.75. The summed E-state index contributed by atoms with van der Waals surface area (Å²) >= 11 is 4.06. The van der Waals surface area contributed by atoms with Crippen LogP contribution in [0.5, 0.6) is 0 Å². The molecule has 0 saturated carbocycles. The summed E-state index contributed by atoms with van der Waals surface area (Å²) in [5, 5.41) is 3.97. The number of rotatable bonds is 3. The van der Waals surface area contributed by atoms with Crippen molar-refractivity contribution in [3.05, 3.63) is 24.0 Å². The average molecular weight is 255 g/mol. The Bertz CT molecular complexity index is 340. The van der Waals surface area contributed by atoms with Crippen molar-refractivity contribution in [1.29, 1.82) is 0 Å². The number of anilines is 1. The molecule has 1 aliphatic rings. The molecular formula is C11H17N3S2. The maximum absolute atomic E-state index is 6.01. The van der Waals surface area contributed by atoms with E-state index in [9.17, 15) is 0 Å². The molecule has 1 aromatic heterocycles. The molecule has 0 bridgehead atoms. The normalized spacial score (nSPS) is 22.9. The van der Waals surface area contributed by atoms with Crippen LogP contribution in [0.1, 0.15) is 11.6 Å². The summed E-state index contributed by atoms with van der Waals surface area (Å²) in [5.74, 6) is 3.68. The van der Waals surface area contributed by atoms with Gasteiger partial charge < -0.3 is 11.1 Å². The molecule has 2 heterocycles. The van der Waals surface area contributed by atoms with Crippen LogP contribution in [0.4, 0.5) is 5.69 Å². The van der Waals surface area contributed by atoms with Crippen molar-refractivity contribution in [2.75, 3.05) is 30.0 Å². The monoisotopic (exact) mass is 255 g/mol. The molecule has 1 aliphatic heterocycles. The second-order valence-corrected chi connectivity index (χ2v) is 6.25. The summed E-state index contributed by atoms with van der Waals surface area (Å²) in [6, 6.07) is 2.19. The van der Waals surface area contributed by atoms with Gasteiger partial charge in [0.25, 0.3) is 0 Å². The number of pyridine rings is 1. The quantitative estimate of drug-likeness (QED) is 0.862. The number of hydrogen-bond donors (Lipinski definition) is 2. The summed E-state index contributed by atoms with van der Waals surface area (Å²) in [6.07, 6.45) is 3.63. The van der Waals surface area contributed by atoms with Crippen LogP contribution >= 0.6 is 23.5 Å². The van der Waals surface area contributed by atoms with Gasteiger partial charge in [-0.2, -0.15) is 23.5 Å². The van der Waals surface area contributed by atoms with Crippen LogP contribution in [0.25, 0.3) is 0 Å². The Morgan fingerprint density at radius 1 is 1.56 bits per heavy atom. The molecule has 1 saturated heterocycles. The zero-order valence-corrected chi connectivity index (χ0v) is 11.0. The van der Waals surface area contributed by atoms with E-state index in [0.717, 1.165) is 11.3 Å². The Morgan fingerprint density at radius 2 is 2.44 bits per heavy atom. The fourth-order valence-corrected chi connectivity index (χ4v) is 4.82. The van der Waals surface area contributed by atoms with E-state index >= 15 is 0 Å². The third kappa shape index (κ3) is 2.64. The van der Waals surface area contributed by atoms with E-state index in [1.807, 2.05) is 42.8 Å². The van der Waals surface area contributed by atoms with Crippen LogP contribution in [-0.2, 0) is 0 Å². The van der Waals surface area contributed by atoms with E-state index in [1.54, 1.807) is 6.20 Å². The zero-order chi connectivity index (χ0) is 11.4. The van der Waals surface area contributed by atoms with Gasteiger partial charge in [0, 0.05) is 52.2 Å². The largest absolute Gasteiger partial charge is 0.398 e. The van der Waals surface area contributed by atoms with Gasteiger partial charge in [0.15, 0.2) is 0 Å². The lowest BCUT2D eigenvalue weighted by Gasteiger charge is -2.30. The highest BCUT2D eigenvalue weighted by molar-refractivity contribution is 8.06. The fraction of sp³-hybridized carbons (Fsp3) is 0.545. The zero-order valence-electron chi connectivity index (χ0n) is 9.35. The summed E-state index contributed by atoms with van der Waals surface area (Å²) < 4.78 is 0. The topological polar surface area (TPSA) is 50.9 Å². The van der Waals surface area contributed by atoms with Crippen molar-refractivity contribution in [2.24, 2.45) is 0 Å². The van der Waals surface area contributed by atoms with E-state index in [1.165, 1.54) is 17.3 Å². The lowest BCUT2D eigenvalue weighted by Crippen LogP contribution is -2.32. The molecule has 1 fully saturated rings. The maximum atomic E-state index is 6.01. The van der Waals surface area contributed by atoms with Crippen molar-refractivity contribution in [3.63, 3.8) is 0 Å². The molecule has 1 aromatic rings. The van der Waals surface area contributed by atoms with E-state index < -0.39 is 0 Å². The van der Waals surface area contributed by atoms with Gasteiger partial charge in [0.2, 0.25) is 0 Å². The summed E-state index contributed by atoms with van der Waals surface area (Å²) in [6.45, 7) is 0. The highest BCUT2D eigenvalue weighted by Crippen LogP contribution is 2.34. The van der Waals surface area contributed by atoms with E-state index in [0.29, 0.717) is 11.3 Å². The fourth-order valence-electron chi connectivity index (χ4n) is 1.92.